The molecule has 2 aromatic heterocycles. The molecule has 3 saturated heterocycles. The molecule has 6 rings (SSSR count). The van der Waals surface area contributed by atoms with Crippen molar-refractivity contribution in [2.75, 3.05) is 55.7 Å². The lowest BCUT2D eigenvalue weighted by Crippen LogP contribution is -2.51. The molecule has 0 spiro atoms. The number of β-amino-alcohol motifs (C(OH)–C–C–N with tert-alkyl or cyclic N) is 1. The van der Waals surface area contributed by atoms with E-state index in [2.05, 4.69) is 38.1 Å². The molecule has 41 heavy (non-hydrogen) atoms. The predicted octanol–water partition coefficient (Wildman–Crippen LogP) is 3.86. The lowest BCUT2D eigenvalue weighted by atomic mass is 9.90. The quantitative estimate of drug-likeness (QED) is 0.411. The van der Waals surface area contributed by atoms with E-state index in [-0.39, 0.29) is 11.9 Å². The van der Waals surface area contributed by atoms with Crippen molar-refractivity contribution in [3.8, 4) is 0 Å². The van der Waals surface area contributed by atoms with E-state index in [1.807, 2.05) is 24.5 Å². The molecule has 10 heteroatoms. The number of piperidine rings is 2. The van der Waals surface area contributed by atoms with Crippen LogP contribution in [-0.2, 0) is 16.3 Å². The predicted molar refractivity (Wildman–Crippen MR) is 165 cm³/mol. The Morgan fingerprint density at radius 3 is 2.61 bits per heavy atom. The van der Waals surface area contributed by atoms with Crippen molar-refractivity contribution in [1.82, 2.24) is 19.2 Å². The molecule has 0 amide bonds. The largest absolute Gasteiger partial charge is 0.390 e. The van der Waals surface area contributed by atoms with Gasteiger partial charge in [0.1, 0.15) is 11.6 Å². The average molecular weight is 581 g/mol. The van der Waals surface area contributed by atoms with Crippen LogP contribution in [0.1, 0.15) is 49.3 Å². The minimum atomic E-state index is -2.33. The molecule has 220 valence electrons. The monoisotopic (exact) mass is 580 g/mol. The molecule has 0 saturated carbocycles. The van der Waals surface area contributed by atoms with Gasteiger partial charge in [0.05, 0.1) is 17.8 Å². The van der Waals surface area contributed by atoms with Gasteiger partial charge in [0, 0.05) is 89.0 Å². The highest BCUT2D eigenvalue weighted by molar-refractivity contribution is 7.97. The van der Waals surface area contributed by atoms with Gasteiger partial charge in [-0.3, -0.25) is 14.1 Å². The summed E-state index contributed by atoms with van der Waals surface area (Å²) >= 11 is 0. The maximum atomic E-state index is 15.0. The molecular formula is C31H41FN6O2S. The number of nitrogens with one attached hydrogen (secondary N) is 1. The summed E-state index contributed by atoms with van der Waals surface area (Å²) in [6.07, 6.45) is 9.60. The van der Waals surface area contributed by atoms with Gasteiger partial charge in [-0.1, -0.05) is 6.07 Å². The van der Waals surface area contributed by atoms with Crippen LogP contribution < -0.4 is 10.2 Å². The normalized spacial score (nSPS) is 24.5. The van der Waals surface area contributed by atoms with Crippen LogP contribution in [0.3, 0.4) is 0 Å². The molecule has 3 fully saturated rings. The molecule has 1 unspecified atom stereocenters. The minimum absolute atomic E-state index is 0.106. The van der Waals surface area contributed by atoms with Crippen LogP contribution in [0.25, 0.3) is 10.8 Å². The number of anilines is 2. The summed E-state index contributed by atoms with van der Waals surface area (Å²) in [5.41, 5.74) is 2.95. The van der Waals surface area contributed by atoms with Crippen molar-refractivity contribution in [3.05, 3.63) is 59.8 Å². The van der Waals surface area contributed by atoms with Crippen LogP contribution in [0.5, 0.6) is 0 Å². The third-order valence-corrected chi connectivity index (χ3v) is 10.4. The molecular weight excluding hydrogens is 539 g/mol. The van der Waals surface area contributed by atoms with Gasteiger partial charge in [0.25, 0.3) is 0 Å². The summed E-state index contributed by atoms with van der Waals surface area (Å²) in [6.45, 7) is 5.36. The molecule has 3 atom stereocenters. The van der Waals surface area contributed by atoms with Crippen LogP contribution >= 0.6 is 0 Å². The maximum Gasteiger partial charge on any atom is 0.129 e. The van der Waals surface area contributed by atoms with E-state index in [1.54, 1.807) is 16.6 Å². The standard InChI is InChI=1S/C31H41FN6O2S/c1-41(2,40)38-17-11-27(29(39)21-38)35-30-18-24-23(19-34-30)8-12-33-31(24)22-9-15-36(16-10-22)20-25-26(32)6-5-7-28(25)37-13-3-4-14-37/h5-8,12,18-19,22,27,29,39H,1,3-4,9-11,13-17,20-21H2,2H3,(H,34,35)/t27-,29-,41?/m1/s1. The zero-order chi connectivity index (χ0) is 28.6. The fourth-order valence-electron chi connectivity index (χ4n) is 6.65. The van der Waals surface area contributed by atoms with Crippen molar-refractivity contribution in [2.45, 2.75) is 56.7 Å². The summed E-state index contributed by atoms with van der Waals surface area (Å²) < 4.78 is 29.1. The summed E-state index contributed by atoms with van der Waals surface area (Å²) in [6, 6.07) is 9.36. The molecule has 0 aliphatic carbocycles. The summed E-state index contributed by atoms with van der Waals surface area (Å²) in [7, 11) is -2.33. The summed E-state index contributed by atoms with van der Waals surface area (Å²) in [5.74, 6) is 4.67. The van der Waals surface area contributed by atoms with Crippen molar-refractivity contribution < 1.29 is 13.7 Å². The minimum Gasteiger partial charge on any atom is -0.390 e. The number of rotatable bonds is 7. The second-order valence-corrected chi connectivity index (χ2v) is 14.4. The number of likely N-dealkylation sites (tertiary alicyclic amines) is 1. The molecule has 5 heterocycles. The van der Waals surface area contributed by atoms with Gasteiger partial charge in [-0.05, 0) is 75.3 Å². The van der Waals surface area contributed by atoms with E-state index in [0.29, 0.717) is 37.8 Å². The Labute approximate surface area is 242 Å². The first-order valence-electron chi connectivity index (χ1n) is 14.8. The zero-order valence-corrected chi connectivity index (χ0v) is 24.7. The van der Waals surface area contributed by atoms with Gasteiger partial charge in [-0.15, -0.1) is 0 Å². The highest BCUT2D eigenvalue weighted by Crippen LogP contribution is 2.34. The maximum absolute atomic E-state index is 15.0. The second kappa shape index (κ2) is 11.8. The molecule has 3 aromatic rings. The van der Waals surface area contributed by atoms with Gasteiger partial charge in [-0.25, -0.2) is 13.7 Å². The Morgan fingerprint density at radius 1 is 1.10 bits per heavy atom. The zero-order valence-electron chi connectivity index (χ0n) is 23.8. The first kappa shape index (κ1) is 28.3. The van der Waals surface area contributed by atoms with E-state index in [0.717, 1.165) is 66.7 Å². The number of hydrogen-bond donors (Lipinski definition) is 2. The van der Waals surface area contributed by atoms with Crippen molar-refractivity contribution in [1.29, 1.82) is 0 Å². The topological polar surface area (TPSA) is 84.8 Å². The fraction of sp³-hybridized carbons (Fsp3) is 0.516. The SMILES string of the molecule is C=S(C)(=O)N1CC[C@@H](Nc2cc3c(C4CCN(Cc5c(F)cccc5N5CCCC5)CC4)nccc3cn2)[C@H](O)C1. The van der Waals surface area contributed by atoms with Crippen LogP contribution in [0.4, 0.5) is 15.9 Å². The van der Waals surface area contributed by atoms with Gasteiger partial charge in [-0.2, -0.15) is 0 Å². The highest BCUT2D eigenvalue weighted by Gasteiger charge is 2.31. The lowest BCUT2D eigenvalue weighted by Gasteiger charge is -2.36. The first-order valence-corrected chi connectivity index (χ1v) is 16.9. The number of benzene rings is 1. The molecule has 2 N–H and O–H groups in total. The Hall–Kier alpha value is -2.79. The Kier molecular flexibility index (Phi) is 8.18. The van der Waals surface area contributed by atoms with Gasteiger partial charge >= 0.3 is 0 Å². The van der Waals surface area contributed by atoms with Crippen molar-refractivity contribution in [2.24, 2.45) is 0 Å². The average Bonchev–Trinajstić information content (AvgIpc) is 3.50. The molecule has 3 aliphatic heterocycles. The molecule has 3 aliphatic rings. The molecule has 1 aromatic carbocycles. The van der Waals surface area contributed by atoms with Gasteiger partial charge in [0.2, 0.25) is 0 Å². The number of hydrogen-bond acceptors (Lipinski definition) is 7. The lowest BCUT2D eigenvalue weighted by molar-refractivity contribution is 0.0971. The molecule has 0 radical (unpaired) electrons. The van der Waals surface area contributed by atoms with Crippen molar-refractivity contribution >= 4 is 37.9 Å². The smallest absolute Gasteiger partial charge is 0.129 e. The number of aromatic nitrogens is 2. The van der Waals surface area contributed by atoms with E-state index in [4.69, 9.17) is 4.98 Å². The first-order chi connectivity index (χ1) is 19.8. The number of aliphatic hydroxyl groups excluding tert-OH is 1. The highest BCUT2D eigenvalue weighted by atomic mass is 32.2. The van der Waals surface area contributed by atoms with E-state index in [1.165, 1.54) is 12.8 Å². The Balaban J connectivity index is 1.14. The second-order valence-electron chi connectivity index (χ2n) is 11.9. The van der Waals surface area contributed by atoms with E-state index >= 15 is 0 Å². The number of aliphatic hydroxyl groups is 1. The van der Waals surface area contributed by atoms with Crippen LogP contribution in [0.2, 0.25) is 0 Å². The van der Waals surface area contributed by atoms with Gasteiger partial charge in [0.15, 0.2) is 0 Å². The number of pyridine rings is 2. The van der Waals surface area contributed by atoms with E-state index in [9.17, 15) is 13.7 Å². The number of nitrogens with zero attached hydrogens (tertiary/aromatic N) is 5. The molecule has 8 nitrogen and oxygen atoms in total. The third kappa shape index (κ3) is 6.21. The van der Waals surface area contributed by atoms with E-state index < -0.39 is 15.8 Å². The summed E-state index contributed by atoms with van der Waals surface area (Å²) in [4.78, 5) is 14.1. The third-order valence-electron chi connectivity index (χ3n) is 9.00. The fourth-order valence-corrected chi connectivity index (χ4v) is 7.61. The molecule has 0 bridgehead atoms. The van der Waals surface area contributed by atoms with Gasteiger partial charge < -0.3 is 15.3 Å². The van der Waals surface area contributed by atoms with Crippen LogP contribution in [0, 0.1) is 5.82 Å². The van der Waals surface area contributed by atoms with Crippen LogP contribution in [-0.4, -0.2) is 92.0 Å². The van der Waals surface area contributed by atoms with Crippen LogP contribution in [0.15, 0.2) is 42.7 Å². The Bertz CT molecular complexity index is 1490. The number of fused-ring (bicyclic) bond motifs is 1. The Morgan fingerprint density at radius 2 is 1.88 bits per heavy atom. The number of halogens is 1. The van der Waals surface area contributed by atoms with Crippen molar-refractivity contribution in [3.63, 3.8) is 0 Å². The summed E-state index contributed by atoms with van der Waals surface area (Å²) in [5, 5.41) is 16.3.